The molecule has 2 rings (SSSR count). The van der Waals surface area contributed by atoms with Gasteiger partial charge in [0.1, 0.15) is 10.7 Å². The van der Waals surface area contributed by atoms with E-state index < -0.39 is 0 Å². The number of fused-ring (bicyclic) bond motifs is 1. The molecule has 0 saturated heterocycles. The van der Waals surface area contributed by atoms with Gasteiger partial charge in [0, 0.05) is 4.88 Å². The number of H-pyrrole nitrogens is 1. The van der Waals surface area contributed by atoms with Gasteiger partial charge in [-0.05, 0) is 32.4 Å². The molecule has 0 aliphatic carbocycles. The summed E-state index contributed by atoms with van der Waals surface area (Å²) in [6, 6.07) is 0. The van der Waals surface area contributed by atoms with E-state index in [4.69, 9.17) is 0 Å². The van der Waals surface area contributed by atoms with E-state index in [1.54, 1.807) is 11.3 Å². The van der Waals surface area contributed by atoms with Crippen LogP contribution in [-0.2, 0) is 6.54 Å². The number of nitrogens with one attached hydrogen (secondary N) is 2. The van der Waals surface area contributed by atoms with Gasteiger partial charge in [-0.1, -0.05) is 19.8 Å². The van der Waals surface area contributed by atoms with Gasteiger partial charge in [-0.2, -0.15) is 0 Å². The second-order valence-corrected chi connectivity index (χ2v) is 6.06. The summed E-state index contributed by atoms with van der Waals surface area (Å²) in [5.41, 5.74) is 1.04. The zero-order valence-corrected chi connectivity index (χ0v) is 12.6. The molecule has 2 N–H and O–H groups in total. The number of aromatic amines is 1. The number of nitrogens with zero attached hydrogens (tertiary/aromatic N) is 1. The highest BCUT2D eigenvalue weighted by atomic mass is 32.1. The third-order valence-electron chi connectivity index (χ3n) is 3.34. The van der Waals surface area contributed by atoms with Crippen molar-refractivity contribution in [1.29, 1.82) is 0 Å². The summed E-state index contributed by atoms with van der Waals surface area (Å²) in [5, 5.41) is 4.07. The highest BCUT2D eigenvalue weighted by Gasteiger charge is 2.11. The molecular weight excluding hydrogens is 258 g/mol. The Balaban J connectivity index is 2.11. The normalized spacial score (nSPS) is 11.3. The van der Waals surface area contributed by atoms with Crippen molar-refractivity contribution >= 4 is 21.6 Å². The standard InChI is InChI=1S/C14H21N3OS/c1-4-5-6-7-15-8-11-16-13(18)12-9(2)10(3)19-14(12)17-11/h15H,4-8H2,1-3H3,(H,16,17,18). The smallest absolute Gasteiger partial charge is 0.259 e. The highest BCUT2D eigenvalue weighted by molar-refractivity contribution is 7.18. The third kappa shape index (κ3) is 3.22. The highest BCUT2D eigenvalue weighted by Crippen LogP contribution is 2.25. The second-order valence-electron chi connectivity index (χ2n) is 4.86. The summed E-state index contributed by atoms with van der Waals surface area (Å²) in [6.07, 6.45) is 3.62. The first-order valence-corrected chi connectivity index (χ1v) is 7.64. The van der Waals surface area contributed by atoms with Crippen molar-refractivity contribution in [2.75, 3.05) is 6.54 Å². The molecule has 5 heteroatoms. The van der Waals surface area contributed by atoms with Gasteiger partial charge in [0.2, 0.25) is 0 Å². The quantitative estimate of drug-likeness (QED) is 0.799. The zero-order chi connectivity index (χ0) is 13.8. The van der Waals surface area contributed by atoms with Gasteiger partial charge in [0.15, 0.2) is 0 Å². The molecule has 0 unspecified atom stereocenters. The summed E-state index contributed by atoms with van der Waals surface area (Å²) < 4.78 is 0. The molecule has 2 aromatic rings. The molecule has 0 aliphatic rings. The minimum absolute atomic E-state index is 0.0165. The van der Waals surface area contributed by atoms with Crippen molar-refractivity contribution in [3.63, 3.8) is 0 Å². The van der Waals surface area contributed by atoms with E-state index in [9.17, 15) is 4.79 Å². The van der Waals surface area contributed by atoms with E-state index in [0.29, 0.717) is 6.54 Å². The van der Waals surface area contributed by atoms with Crippen LogP contribution in [0.15, 0.2) is 4.79 Å². The topological polar surface area (TPSA) is 57.8 Å². The lowest BCUT2D eigenvalue weighted by Crippen LogP contribution is -2.20. The van der Waals surface area contributed by atoms with Crippen LogP contribution in [0, 0.1) is 13.8 Å². The average Bonchev–Trinajstić information content (AvgIpc) is 2.65. The number of hydrogen-bond acceptors (Lipinski definition) is 4. The van der Waals surface area contributed by atoms with Gasteiger partial charge in [-0.15, -0.1) is 11.3 Å². The Bertz CT molecular complexity index is 615. The fourth-order valence-electron chi connectivity index (χ4n) is 2.09. The summed E-state index contributed by atoms with van der Waals surface area (Å²) >= 11 is 1.60. The molecule has 2 aromatic heterocycles. The van der Waals surface area contributed by atoms with Crippen molar-refractivity contribution in [3.8, 4) is 0 Å². The first-order valence-electron chi connectivity index (χ1n) is 6.83. The third-order valence-corrected chi connectivity index (χ3v) is 4.44. The Morgan fingerprint density at radius 1 is 1.32 bits per heavy atom. The molecule has 0 saturated carbocycles. The van der Waals surface area contributed by atoms with Crippen LogP contribution < -0.4 is 10.9 Å². The Morgan fingerprint density at radius 3 is 2.84 bits per heavy atom. The van der Waals surface area contributed by atoms with E-state index in [-0.39, 0.29) is 5.56 Å². The van der Waals surface area contributed by atoms with Gasteiger partial charge >= 0.3 is 0 Å². The van der Waals surface area contributed by atoms with E-state index >= 15 is 0 Å². The second kappa shape index (κ2) is 6.30. The first-order chi connectivity index (χ1) is 9.13. The Kier molecular flexibility index (Phi) is 4.71. The summed E-state index contributed by atoms with van der Waals surface area (Å²) in [6.45, 7) is 7.80. The lowest BCUT2D eigenvalue weighted by Gasteiger charge is -2.03. The lowest BCUT2D eigenvalue weighted by molar-refractivity contribution is 0.603. The molecule has 104 valence electrons. The number of hydrogen-bond donors (Lipinski definition) is 2. The van der Waals surface area contributed by atoms with Crippen LogP contribution in [0.3, 0.4) is 0 Å². The monoisotopic (exact) mass is 279 g/mol. The van der Waals surface area contributed by atoms with Crippen LogP contribution in [-0.4, -0.2) is 16.5 Å². The molecule has 2 heterocycles. The Hall–Kier alpha value is -1.20. The van der Waals surface area contributed by atoms with Gasteiger partial charge < -0.3 is 10.3 Å². The van der Waals surface area contributed by atoms with Crippen LogP contribution in [0.2, 0.25) is 0 Å². The van der Waals surface area contributed by atoms with E-state index in [0.717, 1.165) is 28.1 Å². The van der Waals surface area contributed by atoms with Gasteiger partial charge in [-0.25, -0.2) is 4.98 Å². The minimum Gasteiger partial charge on any atom is -0.310 e. The summed E-state index contributed by atoms with van der Waals surface area (Å²) in [7, 11) is 0. The summed E-state index contributed by atoms with van der Waals surface area (Å²) in [4.78, 5) is 21.5. The molecule has 0 radical (unpaired) electrons. The van der Waals surface area contributed by atoms with E-state index in [2.05, 4.69) is 22.2 Å². The fraction of sp³-hybridized carbons (Fsp3) is 0.571. The first kappa shape index (κ1) is 14.2. The van der Waals surface area contributed by atoms with Crippen LogP contribution in [0.4, 0.5) is 0 Å². The minimum atomic E-state index is -0.0165. The number of aromatic nitrogens is 2. The maximum absolute atomic E-state index is 12.1. The molecule has 0 fully saturated rings. The van der Waals surface area contributed by atoms with Crippen molar-refractivity contribution < 1.29 is 0 Å². The zero-order valence-electron chi connectivity index (χ0n) is 11.8. The lowest BCUT2D eigenvalue weighted by atomic mass is 10.2. The van der Waals surface area contributed by atoms with Gasteiger partial charge in [0.25, 0.3) is 5.56 Å². The average molecular weight is 279 g/mol. The van der Waals surface area contributed by atoms with Crippen LogP contribution >= 0.6 is 11.3 Å². The Labute approximate surface area is 117 Å². The number of thiophene rings is 1. The van der Waals surface area contributed by atoms with E-state index in [1.807, 2.05) is 13.8 Å². The number of rotatable bonds is 6. The number of aryl methyl sites for hydroxylation is 2. The van der Waals surface area contributed by atoms with Gasteiger partial charge in [0.05, 0.1) is 11.9 Å². The molecular formula is C14H21N3OS. The van der Waals surface area contributed by atoms with Crippen LogP contribution in [0.25, 0.3) is 10.2 Å². The predicted octanol–water partition coefficient (Wildman–Crippen LogP) is 2.88. The van der Waals surface area contributed by atoms with Crippen molar-refractivity contribution in [2.45, 2.75) is 46.6 Å². The molecule has 0 spiro atoms. The fourth-order valence-corrected chi connectivity index (χ4v) is 3.14. The maximum Gasteiger partial charge on any atom is 0.259 e. The van der Waals surface area contributed by atoms with Crippen molar-refractivity contribution in [2.24, 2.45) is 0 Å². The number of unbranched alkanes of at least 4 members (excludes halogenated alkanes) is 2. The van der Waals surface area contributed by atoms with Crippen LogP contribution in [0.5, 0.6) is 0 Å². The molecule has 0 aromatic carbocycles. The Morgan fingerprint density at radius 2 is 2.11 bits per heavy atom. The molecule has 0 atom stereocenters. The SMILES string of the molecule is CCCCCNCc1nc2sc(C)c(C)c2c(=O)[nH]1. The molecule has 19 heavy (non-hydrogen) atoms. The molecule has 0 amide bonds. The molecule has 4 nitrogen and oxygen atoms in total. The van der Waals surface area contributed by atoms with Crippen molar-refractivity contribution in [3.05, 3.63) is 26.6 Å². The van der Waals surface area contributed by atoms with Crippen molar-refractivity contribution in [1.82, 2.24) is 15.3 Å². The van der Waals surface area contributed by atoms with E-state index in [1.165, 1.54) is 24.1 Å². The molecule has 0 bridgehead atoms. The van der Waals surface area contributed by atoms with Crippen LogP contribution in [0.1, 0.15) is 42.5 Å². The molecule has 0 aliphatic heterocycles. The maximum atomic E-state index is 12.1. The largest absolute Gasteiger partial charge is 0.310 e. The van der Waals surface area contributed by atoms with Gasteiger partial charge in [-0.3, -0.25) is 4.79 Å². The summed E-state index contributed by atoms with van der Waals surface area (Å²) in [5.74, 6) is 0.732. The predicted molar refractivity (Wildman–Crippen MR) is 80.9 cm³/mol.